The number of rotatable bonds is 5. The van der Waals surface area contributed by atoms with Gasteiger partial charge in [0.15, 0.2) is 0 Å². The Morgan fingerprint density at radius 1 is 0.966 bits per heavy atom. The molecular formula is C25H33NO3. The lowest BCUT2D eigenvalue weighted by molar-refractivity contribution is 0.0761. The third-order valence-corrected chi connectivity index (χ3v) is 5.50. The predicted octanol–water partition coefficient (Wildman–Crippen LogP) is 5.59. The number of hydrogen-bond acceptors (Lipinski definition) is 3. The van der Waals surface area contributed by atoms with E-state index in [1.807, 2.05) is 41.3 Å². The highest BCUT2D eigenvalue weighted by molar-refractivity contribution is 5.94. The summed E-state index contributed by atoms with van der Waals surface area (Å²) in [6.07, 6.45) is 4.58. The third kappa shape index (κ3) is 5.31. The molecule has 1 aliphatic heterocycles. The van der Waals surface area contributed by atoms with Gasteiger partial charge in [-0.3, -0.25) is 4.79 Å². The lowest BCUT2D eigenvalue weighted by atomic mass is 9.86. The molecule has 0 aliphatic carbocycles. The summed E-state index contributed by atoms with van der Waals surface area (Å²) in [6, 6.07) is 13.8. The highest BCUT2D eigenvalue weighted by Crippen LogP contribution is 2.32. The van der Waals surface area contributed by atoms with Crippen molar-refractivity contribution >= 4 is 5.91 Å². The van der Waals surface area contributed by atoms with Crippen LogP contribution in [0.2, 0.25) is 0 Å². The van der Waals surface area contributed by atoms with Crippen LogP contribution in [0.4, 0.5) is 0 Å². The molecule has 156 valence electrons. The van der Waals surface area contributed by atoms with Crippen molar-refractivity contribution in [2.24, 2.45) is 0 Å². The number of para-hydroxylation sites is 1. The second kappa shape index (κ2) is 9.34. The third-order valence-electron chi connectivity index (χ3n) is 5.50. The molecule has 0 radical (unpaired) electrons. The fourth-order valence-electron chi connectivity index (χ4n) is 3.85. The smallest absolute Gasteiger partial charge is 0.253 e. The van der Waals surface area contributed by atoms with Crippen molar-refractivity contribution in [2.45, 2.75) is 58.5 Å². The van der Waals surface area contributed by atoms with Gasteiger partial charge in [-0.1, -0.05) is 51.8 Å². The van der Waals surface area contributed by atoms with Gasteiger partial charge in [0.1, 0.15) is 18.1 Å². The number of amides is 1. The molecular weight excluding hydrogens is 362 g/mol. The van der Waals surface area contributed by atoms with Crippen molar-refractivity contribution in [3.8, 4) is 11.5 Å². The summed E-state index contributed by atoms with van der Waals surface area (Å²) in [5, 5.41) is 0. The van der Waals surface area contributed by atoms with Crippen LogP contribution in [0, 0.1) is 0 Å². The standard InChI is InChI=1S/C25H33NO3/c1-25(2,3)21-11-7-8-12-23(21)29-18-20-17-19(13-14-22(20)28-4)24(27)26-15-9-5-6-10-16-26/h7-8,11-14,17H,5-6,9-10,15-16,18H2,1-4H3. The summed E-state index contributed by atoms with van der Waals surface area (Å²) in [4.78, 5) is 15.0. The number of likely N-dealkylation sites (tertiary alicyclic amines) is 1. The minimum Gasteiger partial charge on any atom is -0.496 e. The Balaban J connectivity index is 1.80. The number of hydrogen-bond donors (Lipinski definition) is 0. The zero-order chi connectivity index (χ0) is 20.9. The van der Waals surface area contributed by atoms with Crippen LogP contribution in [0.3, 0.4) is 0 Å². The van der Waals surface area contributed by atoms with Crippen LogP contribution < -0.4 is 9.47 Å². The van der Waals surface area contributed by atoms with E-state index in [4.69, 9.17) is 9.47 Å². The average molecular weight is 396 g/mol. The maximum atomic E-state index is 13.0. The molecule has 0 N–H and O–H groups in total. The normalized spacial score (nSPS) is 15.0. The molecule has 1 heterocycles. The van der Waals surface area contributed by atoms with Crippen LogP contribution >= 0.6 is 0 Å². The first-order valence-corrected chi connectivity index (χ1v) is 10.6. The summed E-state index contributed by atoms with van der Waals surface area (Å²) in [5.41, 5.74) is 2.74. The Kier molecular flexibility index (Phi) is 6.83. The Morgan fingerprint density at radius 3 is 2.31 bits per heavy atom. The molecule has 1 aliphatic rings. The van der Waals surface area contributed by atoms with E-state index in [-0.39, 0.29) is 11.3 Å². The molecule has 29 heavy (non-hydrogen) atoms. The number of nitrogens with zero attached hydrogens (tertiary/aromatic N) is 1. The first kappa shape index (κ1) is 21.2. The fraction of sp³-hybridized carbons (Fsp3) is 0.480. The molecule has 0 spiro atoms. The van der Waals surface area contributed by atoms with Crippen molar-refractivity contribution in [3.63, 3.8) is 0 Å². The molecule has 0 saturated carbocycles. The van der Waals surface area contributed by atoms with Crippen LogP contribution in [0.5, 0.6) is 11.5 Å². The van der Waals surface area contributed by atoms with Crippen molar-refractivity contribution in [1.29, 1.82) is 0 Å². The minimum absolute atomic E-state index is 0.00867. The second-order valence-corrected chi connectivity index (χ2v) is 8.77. The van der Waals surface area contributed by atoms with Gasteiger partial charge in [-0.25, -0.2) is 0 Å². The fourth-order valence-corrected chi connectivity index (χ4v) is 3.85. The predicted molar refractivity (Wildman–Crippen MR) is 117 cm³/mol. The molecule has 4 nitrogen and oxygen atoms in total. The molecule has 0 aromatic heterocycles. The van der Waals surface area contributed by atoms with Crippen molar-refractivity contribution in [1.82, 2.24) is 4.90 Å². The quantitative estimate of drug-likeness (QED) is 0.663. The Labute approximate surface area is 174 Å². The van der Waals surface area contributed by atoms with Gasteiger partial charge in [-0.15, -0.1) is 0 Å². The largest absolute Gasteiger partial charge is 0.496 e. The SMILES string of the molecule is COc1ccc(C(=O)N2CCCCCC2)cc1COc1ccccc1C(C)(C)C. The van der Waals surface area contributed by atoms with E-state index >= 15 is 0 Å². The summed E-state index contributed by atoms with van der Waals surface area (Å²) < 4.78 is 11.7. The van der Waals surface area contributed by atoms with Crippen LogP contribution in [-0.2, 0) is 12.0 Å². The van der Waals surface area contributed by atoms with Crippen molar-refractivity contribution < 1.29 is 14.3 Å². The van der Waals surface area contributed by atoms with Gasteiger partial charge in [-0.2, -0.15) is 0 Å². The van der Waals surface area contributed by atoms with E-state index in [0.717, 1.165) is 48.6 Å². The van der Waals surface area contributed by atoms with E-state index in [9.17, 15) is 4.79 Å². The topological polar surface area (TPSA) is 38.8 Å². The van der Waals surface area contributed by atoms with Gasteiger partial charge in [-0.05, 0) is 48.1 Å². The van der Waals surface area contributed by atoms with Crippen LogP contribution in [0.15, 0.2) is 42.5 Å². The van der Waals surface area contributed by atoms with E-state index in [0.29, 0.717) is 12.2 Å². The van der Waals surface area contributed by atoms with Crippen molar-refractivity contribution in [3.05, 3.63) is 59.2 Å². The number of ether oxygens (including phenoxy) is 2. The number of carbonyl (C=O) groups excluding carboxylic acids is 1. The summed E-state index contributed by atoms with van der Waals surface area (Å²) in [6.45, 7) is 8.57. The summed E-state index contributed by atoms with van der Waals surface area (Å²) >= 11 is 0. The Hall–Kier alpha value is -2.49. The molecule has 0 bridgehead atoms. The van der Waals surface area contributed by atoms with E-state index in [1.54, 1.807) is 7.11 Å². The molecule has 1 fully saturated rings. The van der Waals surface area contributed by atoms with Gasteiger partial charge >= 0.3 is 0 Å². The van der Waals surface area contributed by atoms with Gasteiger partial charge in [0.2, 0.25) is 0 Å². The van der Waals surface area contributed by atoms with Crippen LogP contribution in [0.1, 0.15) is 67.9 Å². The molecule has 2 aromatic carbocycles. The maximum Gasteiger partial charge on any atom is 0.253 e. The van der Waals surface area contributed by atoms with Gasteiger partial charge < -0.3 is 14.4 Å². The average Bonchev–Trinajstić information content (AvgIpc) is 3.00. The van der Waals surface area contributed by atoms with Gasteiger partial charge in [0.05, 0.1) is 7.11 Å². The molecule has 3 rings (SSSR count). The second-order valence-electron chi connectivity index (χ2n) is 8.77. The molecule has 4 heteroatoms. The Morgan fingerprint density at radius 2 is 1.66 bits per heavy atom. The molecule has 2 aromatic rings. The number of methoxy groups -OCH3 is 1. The first-order chi connectivity index (χ1) is 13.9. The van der Waals surface area contributed by atoms with Crippen molar-refractivity contribution in [2.75, 3.05) is 20.2 Å². The lowest BCUT2D eigenvalue weighted by Crippen LogP contribution is -2.31. The molecule has 0 unspecified atom stereocenters. The summed E-state index contributed by atoms with van der Waals surface area (Å²) in [5.74, 6) is 1.71. The van der Waals surface area contributed by atoms with E-state index in [1.165, 1.54) is 12.8 Å². The van der Waals surface area contributed by atoms with E-state index in [2.05, 4.69) is 26.8 Å². The number of carbonyl (C=O) groups is 1. The first-order valence-electron chi connectivity index (χ1n) is 10.6. The van der Waals surface area contributed by atoms with Crippen LogP contribution in [-0.4, -0.2) is 31.0 Å². The molecule has 0 atom stereocenters. The molecule has 1 saturated heterocycles. The molecule has 1 amide bonds. The summed E-state index contributed by atoms with van der Waals surface area (Å²) in [7, 11) is 1.65. The monoisotopic (exact) mass is 395 g/mol. The van der Waals surface area contributed by atoms with E-state index < -0.39 is 0 Å². The highest BCUT2D eigenvalue weighted by Gasteiger charge is 2.21. The number of benzene rings is 2. The zero-order valence-corrected chi connectivity index (χ0v) is 18.2. The minimum atomic E-state index is -0.00867. The van der Waals surface area contributed by atoms with Gasteiger partial charge in [0, 0.05) is 24.2 Å². The van der Waals surface area contributed by atoms with Gasteiger partial charge in [0.25, 0.3) is 5.91 Å². The highest BCUT2D eigenvalue weighted by atomic mass is 16.5. The van der Waals surface area contributed by atoms with Crippen LogP contribution in [0.25, 0.3) is 0 Å². The zero-order valence-electron chi connectivity index (χ0n) is 18.2. The Bertz CT molecular complexity index is 830. The maximum absolute atomic E-state index is 13.0. The lowest BCUT2D eigenvalue weighted by Gasteiger charge is -2.23.